The molecule has 192 valence electrons. The summed E-state index contributed by atoms with van der Waals surface area (Å²) in [6, 6.07) is 0.477. The number of nitrogens with zero attached hydrogens (tertiary/aromatic N) is 1. The van der Waals surface area contributed by atoms with Crippen molar-refractivity contribution in [2.45, 2.75) is 62.9 Å². The third kappa shape index (κ3) is 7.65. The van der Waals surface area contributed by atoms with Crippen molar-refractivity contribution in [3.8, 4) is 5.75 Å². The van der Waals surface area contributed by atoms with E-state index < -0.39 is 66.4 Å². The van der Waals surface area contributed by atoms with Crippen LogP contribution in [0.1, 0.15) is 31.7 Å². The molecule has 35 heavy (non-hydrogen) atoms. The Bertz CT molecular complexity index is 951. The van der Waals surface area contributed by atoms with Crippen LogP contribution < -0.4 is 16.4 Å². The Balaban J connectivity index is 2.11. The molecule has 0 aliphatic carbocycles. The molecule has 5 atom stereocenters. The van der Waals surface area contributed by atoms with Gasteiger partial charge < -0.3 is 41.7 Å². The van der Waals surface area contributed by atoms with Gasteiger partial charge in [0.2, 0.25) is 17.7 Å². The summed E-state index contributed by atoms with van der Waals surface area (Å²) < 4.78 is 0. The number of carboxylic acids is 2. The average Bonchev–Trinajstić information content (AvgIpc) is 3.27. The molecule has 13 nitrogen and oxygen atoms in total. The lowest BCUT2D eigenvalue weighted by Crippen LogP contribution is -2.60. The number of rotatable bonds is 11. The quantitative estimate of drug-likeness (QED) is 0.182. The zero-order chi connectivity index (χ0) is 26.3. The highest BCUT2D eigenvalue weighted by Gasteiger charge is 2.40. The molecule has 0 spiro atoms. The lowest BCUT2D eigenvalue weighted by atomic mass is 10.0. The van der Waals surface area contributed by atoms with Crippen molar-refractivity contribution in [2.75, 3.05) is 6.54 Å². The van der Waals surface area contributed by atoms with Gasteiger partial charge in [-0.05, 0) is 43.9 Å². The number of aliphatic hydroxyl groups excluding tert-OH is 1. The standard InChI is InChI=1S/C22H30N4O9/c1-11(27)18(21(33)26-8-2-3-16(26)22(34)35)25-20(32)15(10-17(29)30)24-19(31)14(23)9-12-4-6-13(28)7-5-12/h4-7,11,14-16,18,27-28H,2-3,8-10,23H2,1H3,(H,24,31)(H,25,32)(H,29,30)(H,34,35). The molecule has 0 radical (unpaired) electrons. The molecule has 1 aromatic rings. The number of nitrogens with one attached hydrogen (secondary N) is 2. The van der Waals surface area contributed by atoms with E-state index in [9.17, 15) is 44.4 Å². The first kappa shape index (κ1) is 27.5. The number of aliphatic hydroxyl groups is 1. The highest BCUT2D eigenvalue weighted by Crippen LogP contribution is 2.19. The van der Waals surface area contributed by atoms with Crippen LogP contribution in [0, 0.1) is 0 Å². The number of aliphatic carboxylic acids is 2. The van der Waals surface area contributed by atoms with E-state index in [1.54, 1.807) is 12.1 Å². The summed E-state index contributed by atoms with van der Waals surface area (Å²) in [4.78, 5) is 62.0. The van der Waals surface area contributed by atoms with Gasteiger partial charge in [0.05, 0.1) is 18.6 Å². The molecule has 1 fully saturated rings. The first-order valence-corrected chi connectivity index (χ1v) is 11.0. The van der Waals surface area contributed by atoms with E-state index in [0.29, 0.717) is 12.0 Å². The summed E-state index contributed by atoms with van der Waals surface area (Å²) in [6.07, 6.45) is -1.57. The fourth-order valence-corrected chi connectivity index (χ4v) is 3.75. The minimum Gasteiger partial charge on any atom is -0.508 e. The number of carbonyl (C=O) groups excluding carboxylic acids is 3. The van der Waals surface area contributed by atoms with Gasteiger partial charge in [0, 0.05) is 6.54 Å². The summed E-state index contributed by atoms with van der Waals surface area (Å²) >= 11 is 0. The predicted molar refractivity (Wildman–Crippen MR) is 120 cm³/mol. The van der Waals surface area contributed by atoms with Crippen molar-refractivity contribution in [2.24, 2.45) is 5.73 Å². The summed E-state index contributed by atoms with van der Waals surface area (Å²) in [5.74, 6) is -5.32. The van der Waals surface area contributed by atoms with Gasteiger partial charge in [-0.3, -0.25) is 19.2 Å². The van der Waals surface area contributed by atoms with Gasteiger partial charge in [0.15, 0.2) is 0 Å². The van der Waals surface area contributed by atoms with Gasteiger partial charge in [0.1, 0.15) is 23.9 Å². The molecule has 1 aliphatic rings. The summed E-state index contributed by atoms with van der Waals surface area (Å²) in [5.41, 5.74) is 6.49. The number of hydrogen-bond acceptors (Lipinski definition) is 8. The van der Waals surface area contributed by atoms with E-state index in [-0.39, 0.29) is 25.1 Å². The highest BCUT2D eigenvalue weighted by atomic mass is 16.4. The van der Waals surface area contributed by atoms with E-state index in [2.05, 4.69) is 10.6 Å². The number of aromatic hydroxyl groups is 1. The second-order valence-electron chi connectivity index (χ2n) is 8.39. The Hall–Kier alpha value is -3.71. The third-order valence-corrected chi connectivity index (χ3v) is 5.61. The molecule has 3 amide bonds. The van der Waals surface area contributed by atoms with E-state index in [1.807, 2.05) is 0 Å². The fourth-order valence-electron chi connectivity index (χ4n) is 3.75. The third-order valence-electron chi connectivity index (χ3n) is 5.61. The highest BCUT2D eigenvalue weighted by molar-refractivity contribution is 5.96. The topological polar surface area (TPSA) is 220 Å². The SMILES string of the molecule is CC(O)C(NC(=O)C(CC(=O)O)NC(=O)C(N)Cc1ccc(O)cc1)C(=O)N1CCCC1C(=O)O. The van der Waals surface area contributed by atoms with Gasteiger partial charge in [-0.25, -0.2) is 4.79 Å². The van der Waals surface area contributed by atoms with Gasteiger partial charge in [-0.2, -0.15) is 0 Å². The second-order valence-corrected chi connectivity index (χ2v) is 8.39. The van der Waals surface area contributed by atoms with E-state index in [0.717, 1.165) is 4.90 Å². The number of benzene rings is 1. The maximum atomic E-state index is 12.9. The maximum Gasteiger partial charge on any atom is 0.326 e. The Morgan fingerprint density at radius 3 is 2.26 bits per heavy atom. The zero-order valence-corrected chi connectivity index (χ0v) is 19.1. The number of carboxylic acid groups (broad SMARTS) is 2. The van der Waals surface area contributed by atoms with Crippen molar-refractivity contribution in [1.82, 2.24) is 15.5 Å². The van der Waals surface area contributed by atoms with Crippen molar-refractivity contribution in [3.05, 3.63) is 29.8 Å². The van der Waals surface area contributed by atoms with Crippen LogP contribution in [0.4, 0.5) is 0 Å². The van der Waals surface area contributed by atoms with Crippen molar-refractivity contribution >= 4 is 29.7 Å². The molecule has 1 aliphatic heterocycles. The van der Waals surface area contributed by atoms with Crippen LogP contribution in [-0.4, -0.2) is 91.8 Å². The molecule has 13 heteroatoms. The Morgan fingerprint density at radius 1 is 1.09 bits per heavy atom. The molecule has 0 bridgehead atoms. The number of likely N-dealkylation sites (tertiary alicyclic amines) is 1. The molecule has 0 aromatic heterocycles. The molecular formula is C22H30N4O9. The van der Waals surface area contributed by atoms with Crippen LogP contribution in [0.25, 0.3) is 0 Å². The van der Waals surface area contributed by atoms with Crippen LogP contribution in [0.3, 0.4) is 0 Å². The smallest absolute Gasteiger partial charge is 0.326 e. The van der Waals surface area contributed by atoms with Crippen LogP contribution >= 0.6 is 0 Å². The molecular weight excluding hydrogens is 464 g/mol. The molecule has 1 aromatic carbocycles. The minimum absolute atomic E-state index is 0.0239. The number of phenols is 1. The lowest BCUT2D eigenvalue weighted by Gasteiger charge is -2.30. The summed E-state index contributed by atoms with van der Waals surface area (Å²) in [7, 11) is 0. The average molecular weight is 495 g/mol. The first-order valence-electron chi connectivity index (χ1n) is 11.0. The van der Waals surface area contributed by atoms with E-state index in [4.69, 9.17) is 5.73 Å². The number of phenolic OH excluding ortho intramolecular Hbond substituents is 1. The van der Waals surface area contributed by atoms with Crippen LogP contribution in [0.2, 0.25) is 0 Å². The normalized spacial score (nSPS) is 18.7. The summed E-state index contributed by atoms with van der Waals surface area (Å²) in [5, 5.41) is 42.4. The van der Waals surface area contributed by atoms with Gasteiger partial charge in [-0.1, -0.05) is 12.1 Å². The monoisotopic (exact) mass is 494 g/mol. The Labute approximate surface area is 200 Å². The number of carbonyl (C=O) groups is 5. The largest absolute Gasteiger partial charge is 0.508 e. The number of hydrogen-bond donors (Lipinski definition) is 7. The first-order chi connectivity index (χ1) is 16.4. The van der Waals surface area contributed by atoms with E-state index in [1.165, 1.54) is 19.1 Å². The van der Waals surface area contributed by atoms with Crippen LogP contribution in [0.15, 0.2) is 24.3 Å². The number of amides is 3. The molecule has 8 N–H and O–H groups in total. The fraction of sp³-hybridized carbons (Fsp3) is 0.500. The zero-order valence-electron chi connectivity index (χ0n) is 19.1. The molecule has 5 unspecified atom stereocenters. The van der Waals surface area contributed by atoms with Crippen LogP contribution in [0.5, 0.6) is 5.75 Å². The summed E-state index contributed by atoms with van der Waals surface area (Å²) in [6.45, 7) is 1.34. The lowest BCUT2D eigenvalue weighted by molar-refractivity contribution is -0.151. The predicted octanol–water partition coefficient (Wildman–Crippen LogP) is -1.84. The Morgan fingerprint density at radius 2 is 1.71 bits per heavy atom. The maximum absolute atomic E-state index is 12.9. The van der Waals surface area contributed by atoms with Gasteiger partial charge >= 0.3 is 11.9 Å². The minimum atomic E-state index is -1.62. The Kier molecular flexibility index (Phi) is 9.54. The molecule has 1 saturated heterocycles. The van der Waals surface area contributed by atoms with Gasteiger partial charge in [0.25, 0.3) is 0 Å². The van der Waals surface area contributed by atoms with Crippen LogP contribution in [-0.2, 0) is 30.4 Å². The van der Waals surface area contributed by atoms with Gasteiger partial charge in [-0.15, -0.1) is 0 Å². The van der Waals surface area contributed by atoms with Crippen molar-refractivity contribution < 1.29 is 44.4 Å². The van der Waals surface area contributed by atoms with E-state index >= 15 is 0 Å². The molecule has 0 saturated carbocycles. The second kappa shape index (κ2) is 12.1. The molecule has 2 rings (SSSR count). The van der Waals surface area contributed by atoms with Crippen molar-refractivity contribution in [3.63, 3.8) is 0 Å². The molecule has 1 heterocycles. The van der Waals surface area contributed by atoms with Crippen molar-refractivity contribution in [1.29, 1.82) is 0 Å². The number of nitrogens with two attached hydrogens (primary N) is 1.